The number of rotatable bonds is 5. The molecule has 5 rings (SSSR count). The maximum atomic E-state index is 13.5. The quantitative estimate of drug-likeness (QED) is 0.322. The van der Waals surface area contributed by atoms with Crippen LogP contribution >= 0.6 is 11.3 Å². The van der Waals surface area contributed by atoms with Crippen molar-refractivity contribution < 1.29 is 22.4 Å². The molecule has 0 amide bonds. The average Bonchev–Trinajstić information content (AvgIpc) is 3.52. The fourth-order valence-corrected chi connectivity index (χ4v) is 4.61. The summed E-state index contributed by atoms with van der Waals surface area (Å²) >= 11 is 0.808. The van der Waals surface area contributed by atoms with Crippen molar-refractivity contribution in [1.29, 1.82) is 0 Å². The minimum Gasteiger partial charge on any atom is -0.336 e. The summed E-state index contributed by atoms with van der Waals surface area (Å²) in [4.78, 5) is 22.9. The van der Waals surface area contributed by atoms with Crippen molar-refractivity contribution in [1.82, 2.24) is 29.4 Å². The lowest BCUT2D eigenvalue weighted by Crippen LogP contribution is -2.21. The van der Waals surface area contributed by atoms with Crippen molar-refractivity contribution >= 4 is 28.7 Å². The summed E-state index contributed by atoms with van der Waals surface area (Å²) in [6.45, 7) is 0.789. The van der Waals surface area contributed by atoms with Crippen LogP contribution in [0.3, 0.4) is 0 Å². The molecule has 172 valence electrons. The Kier molecular flexibility index (Phi) is 5.15. The molecule has 13 heteroatoms. The van der Waals surface area contributed by atoms with Crippen molar-refractivity contribution in [3.05, 3.63) is 46.9 Å². The van der Waals surface area contributed by atoms with Gasteiger partial charge in [0.2, 0.25) is 5.95 Å². The van der Waals surface area contributed by atoms with Gasteiger partial charge in [-0.05, 0) is 24.1 Å². The highest BCUT2D eigenvalue weighted by Crippen LogP contribution is 2.35. The fraction of sp³-hybridized carbons (Fsp3) is 0.350. The van der Waals surface area contributed by atoms with Gasteiger partial charge < -0.3 is 4.90 Å². The first kappa shape index (κ1) is 21.5. The van der Waals surface area contributed by atoms with Crippen LogP contribution < -0.4 is 4.90 Å². The number of pyridine rings is 1. The summed E-state index contributed by atoms with van der Waals surface area (Å²) in [6.07, 6.45) is -2.03. The molecule has 1 saturated heterocycles. The lowest BCUT2D eigenvalue weighted by Gasteiger charge is -2.10. The van der Waals surface area contributed by atoms with Gasteiger partial charge in [-0.25, -0.2) is 13.9 Å². The van der Waals surface area contributed by atoms with E-state index in [0.29, 0.717) is 30.1 Å². The molecule has 0 spiro atoms. The van der Waals surface area contributed by atoms with E-state index in [-0.39, 0.29) is 35.0 Å². The molecule has 1 atom stereocenters. The number of aromatic nitrogens is 6. The van der Waals surface area contributed by atoms with Crippen LogP contribution in [0.4, 0.5) is 23.5 Å². The van der Waals surface area contributed by atoms with Crippen LogP contribution in [0.25, 0.3) is 16.2 Å². The second kappa shape index (κ2) is 7.90. The third kappa shape index (κ3) is 4.08. The standard InChI is InChI=1S/C20H17F4N7OS/c1-29-17(13(8-25-29)18-26-15(10-33-18)20(22,23)24)14(32)6-11-2-5-31-16(7-11)27-19(28-31)30-4-3-12(21)9-30/h2,5,7-8,10,12H,3-4,6,9H2,1H3/t12-/m0/s1. The fourth-order valence-electron chi connectivity index (χ4n) is 3.78. The summed E-state index contributed by atoms with van der Waals surface area (Å²) in [5, 5.41) is 9.40. The van der Waals surface area contributed by atoms with E-state index in [1.807, 2.05) is 0 Å². The molecular weight excluding hydrogens is 462 g/mol. The predicted octanol–water partition coefficient (Wildman–Crippen LogP) is 3.58. The molecule has 0 N–H and O–H groups in total. The Labute approximate surface area is 188 Å². The van der Waals surface area contributed by atoms with Crippen LogP contribution in [0.5, 0.6) is 0 Å². The first-order valence-corrected chi connectivity index (χ1v) is 10.9. The average molecular weight is 479 g/mol. The van der Waals surface area contributed by atoms with E-state index < -0.39 is 18.0 Å². The van der Waals surface area contributed by atoms with Gasteiger partial charge in [-0.2, -0.15) is 23.3 Å². The molecule has 33 heavy (non-hydrogen) atoms. The number of Topliss-reactive ketones (excluding diaryl/α,β-unsaturated/α-hetero) is 1. The summed E-state index contributed by atoms with van der Waals surface area (Å²) in [7, 11) is 1.55. The van der Waals surface area contributed by atoms with Gasteiger partial charge in [-0.1, -0.05) is 0 Å². The number of nitrogens with zero attached hydrogens (tertiary/aromatic N) is 7. The molecule has 0 aliphatic carbocycles. The molecule has 4 aromatic heterocycles. The van der Waals surface area contributed by atoms with Gasteiger partial charge in [0.15, 0.2) is 17.1 Å². The molecule has 0 saturated carbocycles. The highest BCUT2D eigenvalue weighted by Gasteiger charge is 2.34. The van der Waals surface area contributed by atoms with Crippen molar-refractivity contribution in [3.63, 3.8) is 0 Å². The normalized spacial score (nSPS) is 16.8. The third-order valence-electron chi connectivity index (χ3n) is 5.40. The summed E-state index contributed by atoms with van der Waals surface area (Å²) in [5.74, 6) is 0.106. The Hall–Kier alpha value is -3.35. The molecule has 1 fully saturated rings. The van der Waals surface area contributed by atoms with E-state index in [0.717, 1.165) is 16.7 Å². The van der Waals surface area contributed by atoms with E-state index >= 15 is 0 Å². The number of hydrogen-bond acceptors (Lipinski definition) is 7. The van der Waals surface area contributed by atoms with Crippen LogP contribution in [0.2, 0.25) is 0 Å². The smallest absolute Gasteiger partial charge is 0.336 e. The van der Waals surface area contributed by atoms with Crippen LogP contribution in [-0.4, -0.2) is 54.4 Å². The van der Waals surface area contributed by atoms with Gasteiger partial charge >= 0.3 is 6.18 Å². The Balaban J connectivity index is 1.40. The first-order chi connectivity index (χ1) is 15.7. The van der Waals surface area contributed by atoms with E-state index in [1.54, 1.807) is 34.8 Å². The molecule has 4 aromatic rings. The van der Waals surface area contributed by atoms with Crippen LogP contribution in [0.1, 0.15) is 28.2 Å². The van der Waals surface area contributed by atoms with E-state index in [9.17, 15) is 22.4 Å². The molecule has 0 unspecified atom stereocenters. The number of alkyl halides is 4. The summed E-state index contributed by atoms with van der Waals surface area (Å²) in [5.41, 5.74) is 0.584. The van der Waals surface area contributed by atoms with Crippen molar-refractivity contribution in [2.45, 2.75) is 25.2 Å². The van der Waals surface area contributed by atoms with Gasteiger partial charge in [-0.3, -0.25) is 9.48 Å². The number of hydrogen-bond donors (Lipinski definition) is 0. The van der Waals surface area contributed by atoms with Gasteiger partial charge in [0.1, 0.15) is 16.9 Å². The number of anilines is 1. The van der Waals surface area contributed by atoms with E-state index in [1.165, 1.54) is 10.9 Å². The van der Waals surface area contributed by atoms with Crippen LogP contribution in [0.15, 0.2) is 29.9 Å². The van der Waals surface area contributed by atoms with E-state index in [2.05, 4.69) is 20.2 Å². The van der Waals surface area contributed by atoms with Crippen LogP contribution in [-0.2, 0) is 19.6 Å². The Bertz CT molecular complexity index is 1340. The van der Waals surface area contributed by atoms with E-state index in [4.69, 9.17) is 0 Å². The molecule has 0 bridgehead atoms. The minimum absolute atomic E-state index is 0.0149. The second-order valence-electron chi connectivity index (χ2n) is 7.75. The Morgan fingerprint density at radius 2 is 2.12 bits per heavy atom. The van der Waals surface area contributed by atoms with Gasteiger partial charge in [0, 0.05) is 31.6 Å². The zero-order chi connectivity index (χ0) is 23.3. The van der Waals surface area contributed by atoms with Crippen molar-refractivity contribution in [3.8, 4) is 10.6 Å². The molecule has 1 aliphatic heterocycles. The first-order valence-electron chi connectivity index (χ1n) is 10.0. The zero-order valence-electron chi connectivity index (χ0n) is 17.3. The highest BCUT2D eigenvalue weighted by molar-refractivity contribution is 7.13. The number of aryl methyl sites for hydroxylation is 1. The number of carbonyl (C=O) groups is 1. The monoisotopic (exact) mass is 479 g/mol. The number of ketones is 1. The molecule has 5 heterocycles. The summed E-state index contributed by atoms with van der Waals surface area (Å²) < 4.78 is 55.2. The maximum absolute atomic E-state index is 13.5. The summed E-state index contributed by atoms with van der Waals surface area (Å²) in [6, 6.07) is 3.42. The maximum Gasteiger partial charge on any atom is 0.434 e. The largest absolute Gasteiger partial charge is 0.434 e. The number of thiazole rings is 1. The van der Waals surface area contributed by atoms with Gasteiger partial charge in [0.05, 0.1) is 18.3 Å². The number of halogens is 4. The van der Waals surface area contributed by atoms with Crippen molar-refractivity contribution in [2.75, 3.05) is 18.0 Å². The van der Waals surface area contributed by atoms with Crippen LogP contribution in [0, 0.1) is 0 Å². The zero-order valence-corrected chi connectivity index (χ0v) is 18.1. The molecule has 8 nitrogen and oxygen atoms in total. The number of fused-ring (bicyclic) bond motifs is 1. The minimum atomic E-state index is -4.56. The third-order valence-corrected chi connectivity index (χ3v) is 6.27. The van der Waals surface area contributed by atoms with Gasteiger partial charge in [-0.15, -0.1) is 16.4 Å². The SMILES string of the molecule is Cn1ncc(-c2nc(C(F)(F)F)cs2)c1C(=O)Cc1ccn2nc(N3CC[C@H](F)C3)nc2c1. The molecule has 0 aromatic carbocycles. The van der Waals surface area contributed by atoms with Gasteiger partial charge in [0.25, 0.3) is 0 Å². The second-order valence-corrected chi connectivity index (χ2v) is 8.61. The topological polar surface area (TPSA) is 81.2 Å². The molecular formula is C20H17F4N7OS. The Morgan fingerprint density at radius 3 is 2.82 bits per heavy atom. The lowest BCUT2D eigenvalue weighted by atomic mass is 10.1. The van der Waals surface area contributed by atoms with Crippen molar-refractivity contribution in [2.24, 2.45) is 7.05 Å². The molecule has 1 aliphatic rings. The predicted molar refractivity (Wildman–Crippen MR) is 112 cm³/mol. The molecule has 0 radical (unpaired) electrons. The highest BCUT2D eigenvalue weighted by atomic mass is 32.1. The Morgan fingerprint density at radius 1 is 1.30 bits per heavy atom. The number of carbonyl (C=O) groups excluding carboxylic acids is 1. The lowest BCUT2D eigenvalue weighted by molar-refractivity contribution is -0.140.